The van der Waals surface area contributed by atoms with Crippen molar-refractivity contribution in [2.75, 3.05) is 13.7 Å². The lowest BCUT2D eigenvalue weighted by Crippen LogP contribution is -2.33. The number of ether oxygens (including phenoxy) is 1. The Balaban J connectivity index is 2.39. The average Bonchev–Trinajstić information content (AvgIpc) is 2.58. The van der Waals surface area contributed by atoms with Gasteiger partial charge in [0.2, 0.25) is 0 Å². The molecule has 1 atom stereocenters. The van der Waals surface area contributed by atoms with E-state index in [2.05, 4.69) is 15.6 Å². The van der Waals surface area contributed by atoms with E-state index in [1.807, 2.05) is 34.1 Å². The maximum Gasteiger partial charge on any atom is 0.0843 e. The number of aryl methyl sites for hydroxylation is 1. The van der Waals surface area contributed by atoms with Gasteiger partial charge < -0.3 is 10.1 Å². The van der Waals surface area contributed by atoms with Crippen LogP contribution in [0, 0.1) is 0 Å². The van der Waals surface area contributed by atoms with Gasteiger partial charge in [-0.25, -0.2) is 0 Å². The molecular formula is C10H20N4O. The van der Waals surface area contributed by atoms with Gasteiger partial charge in [-0.15, -0.1) is 5.10 Å². The highest BCUT2D eigenvalue weighted by atomic mass is 16.5. The van der Waals surface area contributed by atoms with Crippen LogP contribution in [0.5, 0.6) is 0 Å². The highest BCUT2D eigenvalue weighted by Gasteiger charge is 2.10. The molecular weight excluding hydrogens is 192 g/mol. The van der Waals surface area contributed by atoms with E-state index in [1.165, 1.54) is 0 Å². The standard InChI is InChI=1S/C10H20N4O/c1-8(2)15-7-10(11-3)5-9-6-14(4)13-12-9/h6,8,10-11H,5,7H2,1-4H3. The summed E-state index contributed by atoms with van der Waals surface area (Å²) in [6.07, 6.45) is 3.04. The third-order valence-corrected chi connectivity index (χ3v) is 2.14. The summed E-state index contributed by atoms with van der Waals surface area (Å²) in [4.78, 5) is 0. The lowest BCUT2D eigenvalue weighted by Gasteiger charge is -2.16. The van der Waals surface area contributed by atoms with Crippen LogP contribution in [0.3, 0.4) is 0 Å². The Kier molecular flexibility index (Phi) is 4.71. The largest absolute Gasteiger partial charge is 0.377 e. The molecule has 1 rings (SSSR count). The Morgan fingerprint density at radius 3 is 2.73 bits per heavy atom. The zero-order chi connectivity index (χ0) is 11.3. The second-order valence-electron chi connectivity index (χ2n) is 3.96. The molecule has 0 aliphatic heterocycles. The van der Waals surface area contributed by atoms with Crippen molar-refractivity contribution in [2.45, 2.75) is 32.4 Å². The monoisotopic (exact) mass is 212 g/mol. The molecule has 0 aliphatic rings. The van der Waals surface area contributed by atoms with Crippen LogP contribution in [-0.4, -0.2) is 40.8 Å². The van der Waals surface area contributed by atoms with Crippen molar-refractivity contribution in [1.82, 2.24) is 20.3 Å². The van der Waals surface area contributed by atoms with Crippen molar-refractivity contribution in [3.63, 3.8) is 0 Å². The van der Waals surface area contributed by atoms with Crippen molar-refractivity contribution < 1.29 is 4.74 Å². The molecule has 1 aromatic heterocycles. The number of likely N-dealkylation sites (N-methyl/N-ethyl adjacent to an activating group) is 1. The fourth-order valence-corrected chi connectivity index (χ4v) is 1.29. The summed E-state index contributed by atoms with van der Waals surface area (Å²) in [6.45, 7) is 4.77. The van der Waals surface area contributed by atoms with Gasteiger partial charge >= 0.3 is 0 Å². The Morgan fingerprint density at radius 1 is 1.53 bits per heavy atom. The van der Waals surface area contributed by atoms with Gasteiger partial charge in [-0.2, -0.15) is 0 Å². The first kappa shape index (κ1) is 12.1. The summed E-state index contributed by atoms with van der Waals surface area (Å²) in [5, 5.41) is 11.2. The van der Waals surface area contributed by atoms with Crippen LogP contribution < -0.4 is 5.32 Å². The minimum atomic E-state index is 0.266. The fraction of sp³-hybridized carbons (Fsp3) is 0.800. The molecule has 0 fully saturated rings. The van der Waals surface area contributed by atoms with E-state index >= 15 is 0 Å². The van der Waals surface area contributed by atoms with E-state index in [9.17, 15) is 0 Å². The van der Waals surface area contributed by atoms with E-state index < -0.39 is 0 Å². The molecule has 5 heteroatoms. The summed E-state index contributed by atoms with van der Waals surface area (Å²) >= 11 is 0. The van der Waals surface area contributed by atoms with Crippen LogP contribution in [0.2, 0.25) is 0 Å². The van der Waals surface area contributed by atoms with Crippen LogP contribution in [0.25, 0.3) is 0 Å². The first-order valence-electron chi connectivity index (χ1n) is 5.26. The highest BCUT2D eigenvalue weighted by molar-refractivity contribution is 4.95. The number of nitrogens with one attached hydrogen (secondary N) is 1. The topological polar surface area (TPSA) is 52.0 Å². The zero-order valence-electron chi connectivity index (χ0n) is 9.90. The molecule has 0 aromatic carbocycles. The van der Waals surface area contributed by atoms with Crippen LogP contribution in [0.15, 0.2) is 6.20 Å². The maximum absolute atomic E-state index is 5.56. The van der Waals surface area contributed by atoms with Gasteiger partial charge in [0.25, 0.3) is 0 Å². The minimum absolute atomic E-state index is 0.266. The van der Waals surface area contributed by atoms with E-state index in [0.29, 0.717) is 12.6 Å². The smallest absolute Gasteiger partial charge is 0.0843 e. The number of nitrogens with zero attached hydrogens (tertiary/aromatic N) is 3. The Morgan fingerprint density at radius 2 is 2.27 bits per heavy atom. The molecule has 0 spiro atoms. The molecule has 5 nitrogen and oxygen atoms in total. The molecule has 0 bridgehead atoms. The molecule has 15 heavy (non-hydrogen) atoms. The van der Waals surface area contributed by atoms with Crippen LogP contribution in [-0.2, 0) is 18.2 Å². The minimum Gasteiger partial charge on any atom is -0.377 e. The summed E-state index contributed by atoms with van der Waals surface area (Å²) in [5.74, 6) is 0. The Hall–Kier alpha value is -0.940. The lowest BCUT2D eigenvalue weighted by molar-refractivity contribution is 0.0626. The molecule has 0 saturated heterocycles. The first-order chi connectivity index (χ1) is 7.11. The van der Waals surface area contributed by atoms with Crippen molar-refractivity contribution in [2.24, 2.45) is 7.05 Å². The van der Waals surface area contributed by atoms with Gasteiger partial charge in [0.1, 0.15) is 0 Å². The van der Waals surface area contributed by atoms with Gasteiger partial charge in [0.15, 0.2) is 0 Å². The zero-order valence-corrected chi connectivity index (χ0v) is 9.90. The number of aromatic nitrogens is 3. The highest BCUT2D eigenvalue weighted by Crippen LogP contribution is 2.00. The summed E-state index contributed by atoms with van der Waals surface area (Å²) in [7, 11) is 3.81. The van der Waals surface area contributed by atoms with Crippen molar-refractivity contribution >= 4 is 0 Å². The molecule has 1 heterocycles. The van der Waals surface area contributed by atoms with E-state index in [4.69, 9.17) is 4.74 Å². The molecule has 1 N–H and O–H groups in total. The normalized spacial score (nSPS) is 13.4. The molecule has 0 radical (unpaired) electrons. The molecule has 1 unspecified atom stereocenters. The van der Waals surface area contributed by atoms with Crippen LogP contribution in [0.1, 0.15) is 19.5 Å². The molecule has 0 saturated carbocycles. The predicted octanol–water partition coefficient (Wildman–Crippen LogP) is 0.371. The summed E-state index contributed by atoms with van der Waals surface area (Å²) in [5.41, 5.74) is 0.990. The quantitative estimate of drug-likeness (QED) is 0.740. The van der Waals surface area contributed by atoms with Gasteiger partial charge in [-0.3, -0.25) is 4.68 Å². The van der Waals surface area contributed by atoms with Crippen molar-refractivity contribution in [3.05, 3.63) is 11.9 Å². The van der Waals surface area contributed by atoms with Crippen molar-refractivity contribution in [3.8, 4) is 0 Å². The van der Waals surface area contributed by atoms with Gasteiger partial charge in [0.05, 0.1) is 18.4 Å². The summed E-state index contributed by atoms with van der Waals surface area (Å²) < 4.78 is 7.27. The van der Waals surface area contributed by atoms with Crippen molar-refractivity contribution in [1.29, 1.82) is 0 Å². The SMILES string of the molecule is CNC(COC(C)C)Cc1cn(C)nn1. The molecule has 0 amide bonds. The lowest BCUT2D eigenvalue weighted by atomic mass is 10.2. The Labute approximate surface area is 90.8 Å². The van der Waals surface area contributed by atoms with Gasteiger partial charge in [-0.1, -0.05) is 5.21 Å². The van der Waals surface area contributed by atoms with E-state index in [-0.39, 0.29) is 6.10 Å². The third-order valence-electron chi connectivity index (χ3n) is 2.14. The Bertz CT molecular complexity index is 285. The second-order valence-corrected chi connectivity index (χ2v) is 3.96. The number of rotatable bonds is 6. The maximum atomic E-state index is 5.56. The number of hydrogen-bond donors (Lipinski definition) is 1. The fourth-order valence-electron chi connectivity index (χ4n) is 1.29. The van der Waals surface area contributed by atoms with Crippen LogP contribution >= 0.6 is 0 Å². The van der Waals surface area contributed by atoms with Gasteiger partial charge in [0, 0.05) is 25.7 Å². The van der Waals surface area contributed by atoms with E-state index in [0.717, 1.165) is 12.1 Å². The molecule has 86 valence electrons. The summed E-state index contributed by atoms with van der Waals surface area (Å²) in [6, 6.07) is 0.295. The third kappa shape index (κ3) is 4.40. The van der Waals surface area contributed by atoms with Gasteiger partial charge in [-0.05, 0) is 20.9 Å². The second kappa shape index (κ2) is 5.82. The number of hydrogen-bond acceptors (Lipinski definition) is 4. The first-order valence-corrected chi connectivity index (χ1v) is 5.26. The molecule has 1 aromatic rings. The average molecular weight is 212 g/mol. The predicted molar refractivity (Wildman–Crippen MR) is 58.6 cm³/mol. The molecule has 0 aliphatic carbocycles. The van der Waals surface area contributed by atoms with E-state index in [1.54, 1.807) is 4.68 Å². The van der Waals surface area contributed by atoms with Crippen LogP contribution in [0.4, 0.5) is 0 Å².